The molecule has 1 rings (SSSR count). The molecule has 116 valence electrons. The van der Waals surface area contributed by atoms with Crippen LogP contribution in [0.2, 0.25) is 5.02 Å². The van der Waals surface area contributed by atoms with Crippen molar-refractivity contribution in [2.75, 3.05) is 0 Å². The molecule has 0 aliphatic heterocycles. The van der Waals surface area contributed by atoms with E-state index in [4.69, 9.17) is 21.4 Å². The van der Waals surface area contributed by atoms with Crippen LogP contribution in [0, 0.1) is 5.82 Å². The first-order valence-electron chi connectivity index (χ1n) is 6.25. The predicted molar refractivity (Wildman–Crippen MR) is 75.8 cm³/mol. The minimum absolute atomic E-state index is 0.0786. The van der Waals surface area contributed by atoms with Crippen molar-refractivity contribution in [3.05, 3.63) is 34.6 Å². The number of carboxylic acid groups (broad SMARTS) is 1. The van der Waals surface area contributed by atoms with Crippen molar-refractivity contribution in [2.45, 2.75) is 38.8 Å². The van der Waals surface area contributed by atoms with Crippen LogP contribution < -0.4 is 5.32 Å². The Balaban J connectivity index is 2.92. The van der Waals surface area contributed by atoms with Gasteiger partial charge in [0.1, 0.15) is 11.4 Å². The molecule has 7 heteroatoms. The van der Waals surface area contributed by atoms with Crippen LogP contribution >= 0.6 is 11.6 Å². The van der Waals surface area contributed by atoms with Crippen molar-refractivity contribution in [3.8, 4) is 0 Å². The molecule has 0 saturated heterocycles. The molecule has 0 fully saturated rings. The largest absolute Gasteiger partial charge is 0.481 e. The van der Waals surface area contributed by atoms with Crippen molar-refractivity contribution < 1.29 is 23.8 Å². The van der Waals surface area contributed by atoms with E-state index in [0.29, 0.717) is 5.56 Å². The minimum atomic E-state index is -1.13. The lowest BCUT2D eigenvalue weighted by Gasteiger charge is -2.23. The minimum Gasteiger partial charge on any atom is -0.481 e. The van der Waals surface area contributed by atoms with Crippen molar-refractivity contribution in [1.29, 1.82) is 0 Å². The molecule has 1 atom stereocenters. The number of aliphatic carboxylic acids is 1. The van der Waals surface area contributed by atoms with Gasteiger partial charge in [-0.1, -0.05) is 17.7 Å². The van der Waals surface area contributed by atoms with E-state index in [2.05, 4.69) is 5.32 Å². The Morgan fingerprint density at radius 2 is 2.05 bits per heavy atom. The average Bonchev–Trinajstić information content (AvgIpc) is 2.28. The van der Waals surface area contributed by atoms with Crippen molar-refractivity contribution in [1.82, 2.24) is 5.32 Å². The van der Waals surface area contributed by atoms with Gasteiger partial charge in [-0.15, -0.1) is 0 Å². The van der Waals surface area contributed by atoms with E-state index in [0.717, 1.165) is 6.07 Å². The second kappa shape index (κ2) is 6.76. The summed E-state index contributed by atoms with van der Waals surface area (Å²) in [6.45, 7) is 5.04. The molecule has 0 bridgehead atoms. The summed E-state index contributed by atoms with van der Waals surface area (Å²) in [5, 5.41) is 11.2. The van der Waals surface area contributed by atoms with Gasteiger partial charge in [0.25, 0.3) is 0 Å². The number of alkyl carbamates (subject to hydrolysis) is 1. The van der Waals surface area contributed by atoms with E-state index in [1.165, 1.54) is 12.1 Å². The van der Waals surface area contributed by atoms with Gasteiger partial charge in [0.05, 0.1) is 17.5 Å². The van der Waals surface area contributed by atoms with Crippen LogP contribution in [0.15, 0.2) is 18.2 Å². The maximum Gasteiger partial charge on any atom is 0.408 e. The Bertz CT molecular complexity index is 542. The van der Waals surface area contributed by atoms with Gasteiger partial charge in [0.15, 0.2) is 0 Å². The summed E-state index contributed by atoms with van der Waals surface area (Å²) in [7, 11) is 0. The molecule has 0 aliphatic rings. The zero-order valence-electron chi connectivity index (χ0n) is 11.9. The Labute approximate surface area is 127 Å². The van der Waals surface area contributed by atoms with E-state index >= 15 is 0 Å². The smallest absolute Gasteiger partial charge is 0.408 e. The maximum atomic E-state index is 13.5. The first kappa shape index (κ1) is 17.2. The Morgan fingerprint density at radius 3 is 2.52 bits per heavy atom. The molecular weight excluding hydrogens is 301 g/mol. The summed E-state index contributed by atoms with van der Waals surface area (Å²) in [4.78, 5) is 22.6. The highest BCUT2D eigenvalue weighted by Gasteiger charge is 2.23. The predicted octanol–water partition coefficient (Wildman–Crippen LogP) is 3.52. The second-order valence-corrected chi connectivity index (χ2v) is 5.88. The molecule has 1 aromatic rings. The van der Waals surface area contributed by atoms with E-state index < -0.39 is 35.9 Å². The van der Waals surface area contributed by atoms with Gasteiger partial charge in [-0.05, 0) is 38.5 Å². The highest BCUT2D eigenvalue weighted by Crippen LogP contribution is 2.23. The molecule has 0 saturated carbocycles. The number of carbonyl (C=O) groups excluding carboxylic acids is 1. The van der Waals surface area contributed by atoms with Gasteiger partial charge in [-0.3, -0.25) is 4.79 Å². The van der Waals surface area contributed by atoms with Crippen LogP contribution in [0.5, 0.6) is 0 Å². The average molecular weight is 318 g/mol. The highest BCUT2D eigenvalue weighted by atomic mass is 35.5. The number of ether oxygens (including phenoxy) is 1. The number of amides is 1. The molecule has 0 aromatic heterocycles. The summed E-state index contributed by atoms with van der Waals surface area (Å²) >= 11 is 5.58. The Hall–Kier alpha value is -1.82. The zero-order valence-corrected chi connectivity index (χ0v) is 12.7. The number of carbonyl (C=O) groups is 2. The lowest BCUT2D eigenvalue weighted by molar-refractivity contribution is -0.137. The molecule has 1 unspecified atom stereocenters. The Morgan fingerprint density at radius 1 is 1.43 bits per heavy atom. The van der Waals surface area contributed by atoms with Crippen LogP contribution in [-0.2, 0) is 9.53 Å². The van der Waals surface area contributed by atoms with Crippen molar-refractivity contribution in [2.24, 2.45) is 0 Å². The van der Waals surface area contributed by atoms with Crippen molar-refractivity contribution in [3.63, 3.8) is 0 Å². The summed E-state index contributed by atoms with van der Waals surface area (Å²) in [5.41, 5.74) is -0.423. The summed E-state index contributed by atoms with van der Waals surface area (Å²) in [6, 6.07) is 2.94. The number of carboxylic acids is 1. The molecule has 5 nitrogen and oxygen atoms in total. The standard InChI is InChI=1S/C14H17ClFNO4/c1-14(2,3)21-13(20)17-11(7-12(18)19)8-4-5-9(15)10(16)6-8/h4-6,11H,7H2,1-3H3,(H,17,20)(H,18,19). The maximum absolute atomic E-state index is 13.5. The molecular formula is C14H17ClFNO4. The van der Waals surface area contributed by atoms with Crippen LogP contribution in [0.1, 0.15) is 38.8 Å². The van der Waals surface area contributed by atoms with Gasteiger partial charge in [0.2, 0.25) is 0 Å². The summed E-state index contributed by atoms with van der Waals surface area (Å²) in [5.74, 6) is -1.82. The lowest BCUT2D eigenvalue weighted by atomic mass is 10.0. The fraction of sp³-hybridized carbons (Fsp3) is 0.429. The molecule has 0 spiro atoms. The lowest BCUT2D eigenvalue weighted by Crippen LogP contribution is -2.35. The van der Waals surface area contributed by atoms with Gasteiger partial charge in [0, 0.05) is 0 Å². The third kappa shape index (κ3) is 5.99. The van der Waals surface area contributed by atoms with E-state index in [9.17, 15) is 14.0 Å². The normalized spacial score (nSPS) is 12.6. The molecule has 1 aromatic carbocycles. The topological polar surface area (TPSA) is 75.6 Å². The summed E-state index contributed by atoms with van der Waals surface area (Å²) in [6.07, 6.45) is -1.18. The molecule has 0 aliphatic carbocycles. The number of rotatable bonds is 4. The zero-order chi connectivity index (χ0) is 16.2. The SMILES string of the molecule is CC(C)(C)OC(=O)NC(CC(=O)O)c1ccc(Cl)c(F)c1. The molecule has 2 N–H and O–H groups in total. The van der Waals surface area contributed by atoms with Gasteiger partial charge in [-0.25, -0.2) is 9.18 Å². The van der Waals surface area contributed by atoms with Gasteiger partial charge >= 0.3 is 12.1 Å². The van der Waals surface area contributed by atoms with Gasteiger partial charge < -0.3 is 15.2 Å². The molecule has 0 heterocycles. The number of nitrogens with one attached hydrogen (secondary N) is 1. The van der Waals surface area contributed by atoms with Crippen LogP contribution in [0.4, 0.5) is 9.18 Å². The van der Waals surface area contributed by atoms with Crippen LogP contribution in [-0.4, -0.2) is 22.8 Å². The van der Waals surface area contributed by atoms with E-state index in [-0.39, 0.29) is 5.02 Å². The highest BCUT2D eigenvalue weighted by molar-refractivity contribution is 6.30. The van der Waals surface area contributed by atoms with Crippen LogP contribution in [0.25, 0.3) is 0 Å². The number of hydrogen-bond donors (Lipinski definition) is 2. The first-order chi connectivity index (χ1) is 9.58. The van der Waals surface area contributed by atoms with E-state index in [1.54, 1.807) is 20.8 Å². The monoisotopic (exact) mass is 317 g/mol. The first-order valence-corrected chi connectivity index (χ1v) is 6.62. The molecule has 21 heavy (non-hydrogen) atoms. The summed E-state index contributed by atoms with van der Waals surface area (Å²) < 4.78 is 18.5. The van der Waals surface area contributed by atoms with Gasteiger partial charge in [-0.2, -0.15) is 0 Å². The van der Waals surface area contributed by atoms with Crippen molar-refractivity contribution >= 4 is 23.7 Å². The third-order valence-corrected chi connectivity index (χ3v) is 2.72. The number of benzene rings is 1. The quantitative estimate of drug-likeness (QED) is 0.891. The number of hydrogen-bond acceptors (Lipinski definition) is 3. The molecule has 1 amide bonds. The Kier molecular flexibility index (Phi) is 5.54. The fourth-order valence-electron chi connectivity index (χ4n) is 1.61. The molecule has 0 radical (unpaired) electrons. The van der Waals surface area contributed by atoms with E-state index in [1.807, 2.05) is 0 Å². The number of halogens is 2. The third-order valence-electron chi connectivity index (χ3n) is 2.42. The van der Waals surface area contributed by atoms with Crippen LogP contribution in [0.3, 0.4) is 0 Å². The fourth-order valence-corrected chi connectivity index (χ4v) is 1.72. The second-order valence-electron chi connectivity index (χ2n) is 5.47.